The van der Waals surface area contributed by atoms with Gasteiger partial charge < -0.3 is 13.9 Å². The zero-order valence-corrected chi connectivity index (χ0v) is 16.9. The summed E-state index contributed by atoms with van der Waals surface area (Å²) in [5, 5.41) is 0. The number of ether oxygens (including phenoxy) is 2. The maximum Gasteiger partial charge on any atom is 0.302 e. The van der Waals surface area contributed by atoms with E-state index in [2.05, 4.69) is 0 Å². The number of hydrogen-bond donors (Lipinski definition) is 0. The summed E-state index contributed by atoms with van der Waals surface area (Å²) in [5.41, 5.74) is 2.76. The van der Waals surface area contributed by atoms with Gasteiger partial charge in [-0.15, -0.1) is 0 Å². The molecule has 24 heavy (non-hydrogen) atoms. The van der Waals surface area contributed by atoms with Gasteiger partial charge in [-0.2, -0.15) is 0 Å². The Morgan fingerprint density at radius 2 is 1.21 bits per heavy atom. The first-order valence-corrected chi connectivity index (χ1v) is 8.95. The lowest BCUT2D eigenvalue weighted by Crippen LogP contribution is -2.40. The van der Waals surface area contributed by atoms with Crippen LogP contribution in [0.1, 0.15) is 33.3 Å². The molecule has 0 aliphatic rings. The van der Waals surface area contributed by atoms with Crippen LogP contribution < -0.4 is 0 Å². The van der Waals surface area contributed by atoms with Crippen LogP contribution in [0.2, 0.25) is 0 Å². The fourth-order valence-corrected chi connectivity index (χ4v) is 2.94. The lowest BCUT2D eigenvalue weighted by Gasteiger charge is -2.36. The van der Waals surface area contributed by atoms with E-state index in [1.165, 1.54) is 12.1 Å². The van der Waals surface area contributed by atoms with E-state index in [9.17, 15) is 4.39 Å². The van der Waals surface area contributed by atoms with Gasteiger partial charge in [0.1, 0.15) is 5.82 Å². The highest BCUT2D eigenvalue weighted by molar-refractivity contribution is 5.98. The van der Waals surface area contributed by atoms with Crippen LogP contribution in [0.3, 0.4) is 0 Å². The fraction of sp³-hybridized carbons (Fsp3) is 0.368. The van der Waals surface area contributed by atoms with Crippen LogP contribution in [0.15, 0.2) is 48.5 Å². The number of rotatable bonds is 7. The molecule has 0 spiro atoms. The first-order chi connectivity index (χ1) is 11.4. The summed E-state index contributed by atoms with van der Waals surface area (Å²) in [7, 11) is 0.473. The molecule has 3 nitrogen and oxygen atoms in total. The van der Waals surface area contributed by atoms with Crippen LogP contribution in [0.5, 0.6) is 0 Å². The zero-order chi connectivity index (χ0) is 17.7. The normalized spacial score (nSPS) is 12.3. The molecule has 0 atom stereocenters. The molecule has 0 aliphatic carbocycles. The van der Waals surface area contributed by atoms with Crippen molar-refractivity contribution in [3.8, 4) is 11.1 Å². The molecule has 0 bridgehead atoms. The van der Waals surface area contributed by atoms with Crippen LogP contribution >= 0.6 is 0 Å². The maximum absolute atomic E-state index is 13.1. The fourth-order valence-electron chi connectivity index (χ4n) is 2.51. The van der Waals surface area contributed by atoms with E-state index in [1.54, 1.807) is 12.1 Å². The van der Waals surface area contributed by atoms with Crippen LogP contribution in [0, 0.1) is 5.82 Å². The van der Waals surface area contributed by atoms with Gasteiger partial charge in [-0.3, -0.25) is 0 Å². The third-order valence-electron chi connectivity index (χ3n) is 3.47. The summed E-state index contributed by atoms with van der Waals surface area (Å²) in [6.07, 6.45) is -0.0936. The molecule has 0 radical (unpaired) electrons. The molecular weight excluding hydrogens is 323 g/mol. The predicted octanol–water partition coefficient (Wildman–Crippen LogP) is 3.75. The number of benzene rings is 2. The SMILES string of the molecule is CC(C)OC(O[SiH3])(OC(C)C)c1ccc(-c2ccc(F)cc2)cc1. The van der Waals surface area contributed by atoms with Gasteiger partial charge in [0.15, 0.2) is 10.5 Å². The van der Waals surface area contributed by atoms with Crippen molar-refractivity contribution in [2.24, 2.45) is 0 Å². The predicted molar refractivity (Wildman–Crippen MR) is 97.0 cm³/mol. The van der Waals surface area contributed by atoms with E-state index in [0.29, 0.717) is 10.5 Å². The van der Waals surface area contributed by atoms with E-state index in [1.807, 2.05) is 52.0 Å². The van der Waals surface area contributed by atoms with Gasteiger partial charge in [-0.1, -0.05) is 36.4 Å². The monoisotopic (exact) mass is 348 g/mol. The van der Waals surface area contributed by atoms with Crippen LogP contribution in [-0.4, -0.2) is 22.7 Å². The summed E-state index contributed by atoms with van der Waals surface area (Å²) in [5.74, 6) is -1.43. The molecule has 5 heteroatoms. The quantitative estimate of drug-likeness (QED) is 0.563. The molecule has 0 aliphatic heterocycles. The van der Waals surface area contributed by atoms with Crippen molar-refractivity contribution in [1.82, 2.24) is 0 Å². The van der Waals surface area contributed by atoms with Crippen molar-refractivity contribution in [1.29, 1.82) is 0 Å². The standard InChI is InChI=1S/C19H25FO3Si/c1-13(2)21-19(23-24,22-14(3)4)17-9-5-15(6-10-17)16-7-11-18(20)12-8-16/h5-14H,1-4,24H3. The third-order valence-corrected chi connectivity index (χ3v) is 4.00. The topological polar surface area (TPSA) is 27.7 Å². The number of halogens is 1. The second-order valence-corrected chi connectivity index (χ2v) is 6.59. The highest BCUT2D eigenvalue weighted by Gasteiger charge is 2.36. The molecular formula is C19H25FO3Si. The Morgan fingerprint density at radius 1 is 0.792 bits per heavy atom. The molecule has 0 saturated carbocycles. The first-order valence-electron chi connectivity index (χ1n) is 8.13. The molecule has 130 valence electrons. The lowest BCUT2D eigenvalue weighted by molar-refractivity contribution is -0.378. The van der Waals surface area contributed by atoms with Crippen LogP contribution in [0.4, 0.5) is 4.39 Å². The van der Waals surface area contributed by atoms with Gasteiger partial charge in [0.2, 0.25) is 0 Å². The zero-order valence-electron chi connectivity index (χ0n) is 14.9. The second kappa shape index (κ2) is 8.03. The van der Waals surface area contributed by atoms with Crippen molar-refractivity contribution < 1.29 is 18.3 Å². The lowest BCUT2D eigenvalue weighted by atomic mass is 10.0. The van der Waals surface area contributed by atoms with Crippen molar-refractivity contribution in [2.75, 3.05) is 0 Å². The first kappa shape index (κ1) is 18.8. The van der Waals surface area contributed by atoms with E-state index >= 15 is 0 Å². The second-order valence-electron chi connectivity index (χ2n) is 6.18. The van der Waals surface area contributed by atoms with Gasteiger partial charge in [0.25, 0.3) is 0 Å². The van der Waals surface area contributed by atoms with Crippen LogP contribution in [0.25, 0.3) is 11.1 Å². The van der Waals surface area contributed by atoms with Gasteiger partial charge in [0.05, 0.1) is 12.2 Å². The van der Waals surface area contributed by atoms with Crippen molar-refractivity contribution in [3.63, 3.8) is 0 Å². The van der Waals surface area contributed by atoms with Crippen molar-refractivity contribution in [3.05, 3.63) is 59.9 Å². The molecule has 0 amide bonds. The van der Waals surface area contributed by atoms with Crippen molar-refractivity contribution >= 4 is 10.5 Å². The molecule has 2 aromatic carbocycles. The Morgan fingerprint density at radius 3 is 1.58 bits per heavy atom. The minimum Gasteiger partial charge on any atom is -0.376 e. The van der Waals surface area contributed by atoms with Gasteiger partial charge in [-0.05, 0) is 51.0 Å². The Bertz CT molecular complexity index is 629. The van der Waals surface area contributed by atoms with E-state index < -0.39 is 5.97 Å². The van der Waals surface area contributed by atoms with E-state index in [0.717, 1.165) is 16.7 Å². The molecule has 0 N–H and O–H groups in total. The Kier molecular flexibility index (Phi) is 6.29. The van der Waals surface area contributed by atoms with Gasteiger partial charge in [-0.25, -0.2) is 4.39 Å². The molecule has 2 rings (SSSR count). The average molecular weight is 348 g/mol. The molecule has 0 fully saturated rings. The van der Waals surface area contributed by atoms with Gasteiger partial charge >= 0.3 is 5.97 Å². The largest absolute Gasteiger partial charge is 0.376 e. The summed E-state index contributed by atoms with van der Waals surface area (Å²) in [6.45, 7) is 7.80. The maximum atomic E-state index is 13.1. The molecule has 0 aromatic heterocycles. The van der Waals surface area contributed by atoms with Crippen LogP contribution in [-0.2, 0) is 19.9 Å². The summed E-state index contributed by atoms with van der Waals surface area (Å²) < 4.78 is 30.8. The van der Waals surface area contributed by atoms with Gasteiger partial charge in [0, 0.05) is 5.56 Å². The Balaban J connectivity index is 2.35. The third kappa shape index (κ3) is 4.51. The summed E-state index contributed by atoms with van der Waals surface area (Å²) in [6, 6.07) is 14.2. The average Bonchev–Trinajstić information content (AvgIpc) is 2.54. The van der Waals surface area contributed by atoms with E-state index in [-0.39, 0.29) is 18.0 Å². The summed E-state index contributed by atoms with van der Waals surface area (Å²) in [4.78, 5) is 0. The van der Waals surface area contributed by atoms with Crippen molar-refractivity contribution in [2.45, 2.75) is 45.9 Å². The molecule has 2 aromatic rings. The molecule has 0 saturated heterocycles. The smallest absolute Gasteiger partial charge is 0.302 e. The summed E-state index contributed by atoms with van der Waals surface area (Å²) >= 11 is 0. The van der Waals surface area contributed by atoms with E-state index in [4.69, 9.17) is 13.9 Å². The Hall–Kier alpha value is -1.53. The molecule has 0 unspecified atom stereocenters. The Labute approximate surface area is 146 Å². The molecule has 0 heterocycles. The minimum atomic E-state index is -1.18. The highest BCUT2D eigenvalue weighted by Crippen LogP contribution is 2.32. The number of hydrogen-bond acceptors (Lipinski definition) is 3. The minimum absolute atomic E-state index is 0.0468. The highest BCUT2D eigenvalue weighted by atomic mass is 28.2.